The Morgan fingerprint density at radius 2 is 1.76 bits per heavy atom. The van der Waals surface area contributed by atoms with Gasteiger partial charge in [-0.25, -0.2) is 0 Å². The molecule has 136 valence electrons. The normalized spacial score (nSPS) is 12.5. The molecule has 1 aromatic rings. The molecule has 1 atom stereocenters. The van der Waals surface area contributed by atoms with Gasteiger partial charge >= 0.3 is 5.97 Å². The number of Topliss-reactive ketones (excluding diaryl/α,β-unsaturated/α-hetero) is 1. The first-order valence-electron chi connectivity index (χ1n) is 8.23. The molecule has 0 aromatic heterocycles. The van der Waals surface area contributed by atoms with Gasteiger partial charge in [0.1, 0.15) is 5.75 Å². The molecule has 1 aromatic carbocycles. The number of nitrogens with zero attached hydrogens (tertiary/aromatic N) is 1. The molecule has 0 aliphatic rings. The first-order valence-corrected chi connectivity index (χ1v) is 9.27. The van der Waals surface area contributed by atoms with Crippen LogP contribution in [-0.2, 0) is 9.59 Å². The molecule has 0 saturated heterocycles. The van der Waals surface area contributed by atoms with Gasteiger partial charge in [-0.05, 0) is 52.0 Å². The third-order valence-electron chi connectivity index (χ3n) is 3.65. The summed E-state index contributed by atoms with van der Waals surface area (Å²) in [5, 5.41) is 0. The van der Waals surface area contributed by atoms with Crippen molar-refractivity contribution < 1.29 is 19.1 Å². The monoisotopic (exact) mass is 363 g/mol. The van der Waals surface area contributed by atoms with Gasteiger partial charge < -0.3 is 4.74 Å². The second-order valence-corrected chi connectivity index (χ2v) is 7.65. The highest BCUT2D eigenvalue weighted by Gasteiger charge is 2.24. The fourth-order valence-electron chi connectivity index (χ4n) is 2.05. The number of carbonyl (C=O) groups excluding carboxylic acids is 3. The predicted octanol–water partition coefficient (Wildman–Crippen LogP) is 3.99. The highest BCUT2D eigenvalue weighted by atomic mass is 31.1. The largest absolute Gasteiger partial charge is 0.426 e. The third-order valence-corrected chi connectivity index (χ3v) is 4.50. The molecule has 0 heterocycles. The minimum absolute atomic E-state index is 0.0873. The third kappa shape index (κ3) is 6.09. The Kier molecular flexibility index (Phi) is 7.50. The molecule has 0 bridgehead atoms. The average Bonchev–Trinajstić information content (AvgIpc) is 2.55. The lowest BCUT2D eigenvalue weighted by Crippen LogP contribution is -2.26. The topological polar surface area (TPSA) is 63.7 Å². The summed E-state index contributed by atoms with van der Waals surface area (Å²) in [4.78, 5) is 36.4. The smallest absolute Gasteiger partial charge is 0.316 e. The van der Waals surface area contributed by atoms with Crippen LogP contribution in [0.1, 0.15) is 51.4 Å². The van der Waals surface area contributed by atoms with Crippen LogP contribution in [0.4, 0.5) is 0 Å². The van der Waals surface area contributed by atoms with Gasteiger partial charge in [0.2, 0.25) is 5.91 Å². The predicted molar refractivity (Wildman–Crippen MR) is 101 cm³/mol. The number of carbonyl (C=O) groups is 3. The second kappa shape index (κ2) is 8.91. The molecular formula is C19H26NO4P. The van der Waals surface area contributed by atoms with Crippen LogP contribution >= 0.6 is 8.35 Å². The fourth-order valence-corrected chi connectivity index (χ4v) is 2.49. The van der Waals surface area contributed by atoms with Crippen LogP contribution in [0.3, 0.4) is 0 Å². The molecule has 5 nitrogen and oxygen atoms in total. The summed E-state index contributed by atoms with van der Waals surface area (Å²) in [6.07, 6.45) is 3.84. The van der Waals surface area contributed by atoms with E-state index in [1.165, 1.54) is 0 Å². The number of esters is 1. The second-order valence-electron chi connectivity index (χ2n) is 6.88. The van der Waals surface area contributed by atoms with E-state index in [9.17, 15) is 14.4 Å². The Labute approximate surface area is 151 Å². The molecule has 0 saturated carbocycles. The number of ketones is 1. The summed E-state index contributed by atoms with van der Waals surface area (Å²) in [5.41, 5.74) is -0.104. The van der Waals surface area contributed by atoms with Crippen molar-refractivity contribution in [2.75, 3.05) is 6.54 Å². The Hall–Kier alpha value is -2.00. The number of amides is 1. The van der Waals surface area contributed by atoms with Gasteiger partial charge in [-0.15, -0.1) is 0 Å². The molecule has 25 heavy (non-hydrogen) atoms. The van der Waals surface area contributed by atoms with E-state index >= 15 is 0 Å². The van der Waals surface area contributed by atoms with Gasteiger partial charge in [0.25, 0.3) is 0 Å². The highest BCUT2D eigenvalue weighted by molar-refractivity contribution is 7.34. The Morgan fingerprint density at radius 1 is 1.20 bits per heavy atom. The first-order chi connectivity index (χ1) is 11.6. The van der Waals surface area contributed by atoms with Crippen molar-refractivity contribution >= 4 is 32.3 Å². The van der Waals surface area contributed by atoms with Crippen molar-refractivity contribution in [2.45, 2.75) is 41.0 Å². The zero-order valence-electron chi connectivity index (χ0n) is 15.5. The van der Waals surface area contributed by atoms with E-state index in [2.05, 4.69) is 6.30 Å². The quantitative estimate of drug-likeness (QED) is 0.318. The van der Waals surface area contributed by atoms with Gasteiger partial charge in [0, 0.05) is 32.8 Å². The Morgan fingerprint density at radius 3 is 2.20 bits per heavy atom. The molecule has 6 heteroatoms. The summed E-state index contributed by atoms with van der Waals surface area (Å²) >= 11 is 0. The molecule has 0 fully saturated rings. The lowest BCUT2D eigenvalue weighted by molar-refractivity contribution is -0.143. The molecule has 1 amide bonds. The van der Waals surface area contributed by atoms with E-state index in [0.29, 0.717) is 26.2 Å². The van der Waals surface area contributed by atoms with Crippen LogP contribution in [0, 0.1) is 11.3 Å². The molecule has 0 aliphatic heterocycles. The van der Waals surface area contributed by atoms with Gasteiger partial charge in [0.05, 0.1) is 5.41 Å². The van der Waals surface area contributed by atoms with Crippen molar-refractivity contribution in [3.05, 3.63) is 29.8 Å². The van der Waals surface area contributed by atoms with Crippen LogP contribution in [0.15, 0.2) is 24.3 Å². The molecular weight excluding hydrogens is 337 g/mol. The van der Waals surface area contributed by atoms with Crippen LogP contribution < -0.4 is 4.74 Å². The van der Waals surface area contributed by atoms with E-state index < -0.39 is 11.3 Å². The molecule has 0 aliphatic carbocycles. The highest BCUT2D eigenvalue weighted by Crippen LogP contribution is 2.21. The molecule has 1 rings (SSSR count). The van der Waals surface area contributed by atoms with Crippen LogP contribution in [0.25, 0.3) is 0 Å². The zero-order valence-corrected chi connectivity index (χ0v) is 16.4. The summed E-state index contributed by atoms with van der Waals surface area (Å²) < 4.78 is 6.86. The maximum Gasteiger partial charge on any atom is 0.316 e. The van der Waals surface area contributed by atoms with Gasteiger partial charge in [-0.3, -0.25) is 19.1 Å². The standard InChI is InChI=1S/C19H26NO4P/c1-7-20(25-6)16(21)12-13(2)17(22)14-8-10-15(11-9-14)24-18(23)19(3,4)5/h8-11,13H,6-7,12H2,1-5H3. The van der Waals surface area contributed by atoms with E-state index in [0.717, 1.165) is 0 Å². The lowest BCUT2D eigenvalue weighted by Gasteiger charge is -2.18. The maximum atomic E-state index is 12.5. The van der Waals surface area contributed by atoms with E-state index in [1.807, 2.05) is 6.92 Å². The number of hydrogen-bond donors (Lipinski definition) is 0. The molecule has 0 spiro atoms. The molecule has 1 unspecified atom stereocenters. The SMILES string of the molecule is C=PN(CC)C(=O)CC(C)C(=O)c1ccc(OC(=O)C(C)(C)C)cc1. The average molecular weight is 363 g/mol. The summed E-state index contributed by atoms with van der Waals surface area (Å²) in [6.45, 7) is 9.50. The van der Waals surface area contributed by atoms with Gasteiger partial charge in [-0.2, -0.15) is 0 Å². The van der Waals surface area contributed by atoms with Crippen LogP contribution in [0.5, 0.6) is 5.75 Å². The number of hydrogen-bond acceptors (Lipinski definition) is 4. The van der Waals surface area contributed by atoms with Gasteiger partial charge in [-0.1, -0.05) is 13.2 Å². The van der Waals surface area contributed by atoms with E-state index in [4.69, 9.17) is 4.74 Å². The summed E-state index contributed by atoms with van der Waals surface area (Å²) in [7, 11) is 0.632. The van der Waals surface area contributed by atoms with Crippen molar-refractivity contribution in [1.82, 2.24) is 4.67 Å². The summed E-state index contributed by atoms with van der Waals surface area (Å²) in [5.74, 6) is -0.563. The van der Waals surface area contributed by atoms with Crippen molar-refractivity contribution in [1.29, 1.82) is 0 Å². The Bertz CT molecular complexity index is 646. The van der Waals surface area contributed by atoms with Crippen molar-refractivity contribution in [3.63, 3.8) is 0 Å². The number of rotatable bonds is 7. The lowest BCUT2D eigenvalue weighted by atomic mass is 9.96. The molecule has 0 N–H and O–H groups in total. The van der Waals surface area contributed by atoms with Crippen LogP contribution in [-0.4, -0.2) is 35.2 Å². The maximum absolute atomic E-state index is 12.5. The van der Waals surface area contributed by atoms with Crippen LogP contribution in [0.2, 0.25) is 0 Å². The Balaban J connectivity index is 2.75. The van der Waals surface area contributed by atoms with Crippen molar-refractivity contribution in [2.24, 2.45) is 11.3 Å². The van der Waals surface area contributed by atoms with Gasteiger partial charge in [0.15, 0.2) is 5.78 Å². The minimum atomic E-state index is -0.595. The first kappa shape index (κ1) is 21.0. The number of ether oxygens (including phenoxy) is 1. The van der Waals surface area contributed by atoms with Crippen molar-refractivity contribution in [3.8, 4) is 5.75 Å². The fraction of sp³-hybridized carbons (Fsp3) is 0.474. The van der Waals surface area contributed by atoms with E-state index in [-0.39, 0.29) is 24.1 Å². The van der Waals surface area contributed by atoms with E-state index in [1.54, 1.807) is 56.6 Å². The minimum Gasteiger partial charge on any atom is -0.426 e. The number of benzene rings is 1. The zero-order chi connectivity index (χ0) is 19.2. The summed E-state index contributed by atoms with van der Waals surface area (Å²) in [6, 6.07) is 6.42. The molecule has 0 radical (unpaired) electrons.